The maximum Gasteiger partial charge on any atom is 0.220 e. The second kappa shape index (κ2) is 41.7. The molecule has 0 spiro atoms. The number of unbranched alkanes of at least 4 members (excludes halogenated alkanes) is 25. The van der Waals surface area contributed by atoms with Crippen LogP contribution in [0.1, 0.15) is 230 Å². The first-order valence-electron chi connectivity index (χ1n) is 27.9. The lowest BCUT2D eigenvalue weighted by Crippen LogP contribution is -2.52. The number of rotatable bonds is 45. The van der Waals surface area contributed by atoms with Gasteiger partial charge in [-0.2, -0.15) is 0 Å². The Balaban J connectivity index is 1.57. The van der Waals surface area contributed by atoms with Gasteiger partial charge in [0, 0.05) is 6.42 Å². The van der Waals surface area contributed by atoms with E-state index < -0.39 is 12.1 Å². The Morgan fingerprint density at radius 2 is 0.910 bits per heavy atom. The van der Waals surface area contributed by atoms with Gasteiger partial charge in [0.1, 0.15) is 6.10 Å². The molecule has 0 heterocycles. The van der Waals surface area contributed by atoms with Crippen LogP contribution in [0.5, 0.6) is 0 Å². The van der Waals surface area contributed by atoms with Crippen molar-refractivity contribution in [2.24, 2.45) is 5.92 Å². The van der Waals surface area contributed by atoms with Gasteiger partial charge >= 0.3 is 0 Å². The van der Waals surface area contributed by atoms with E-state index in [-0.39, 0.29) is 12.0 Å². The molecule has 0 radical (unpaired) electrons. The average Bonchev–Trinajstić information content (AvgIpc) is 3.34. The predicted octanol–water partition coefficient (Wildman–Crippen LogP) is 17.8. The summed E-state index contributed by atoms with van der Waals surface area (Å²) in [7, 11) is 0. The molecule has 0 aliphatic carbocycles. The molecule has 376 valence electrons. The zero-order valence-electron chi connectivity index (χ0n) is 43.3. The molecule has 0 aromatic heterocycles. The molecule has 0 bridgehead atoms. The van der Waals surface area contributed by atoms with Crippen molar-refractivity contribution < 1.29 is 19.0 Å². The second-order valence-electron chi connectivity index (χ2n) is 20.0. The summed E-state index contributed by atoms with van der Waals surface area (Å²) in [5, 5.41) is 3.43. The van der Waals surface area contributed by atoms with Crippen molar-refractivity contribution in [3.8, 4) is 0 Å². The molecule has 3 atom stereocenters. The summed E-state index contributed by atoms with van der Waals surface area (Å²) in [5.41, 5.74) is 3.32. The lowest BCUT2D eigenvalue weighted by molar-refractivity contribution is -0.131. The minimum Gasteiger partial charge on any atom is -0.375 e. The first-order chi connectivity index (χ1) is 33.0. The third kappa shape index (κ3) is 32.2. The van der Waals surface area contributed by atoms with E-state index in [4.69, 9.17) is 14.2 Å². The molecule has 1 amide bonds. The Bertz CT molecular complexity index is 1550. The molecular weight excluding hydrogens is 823 g/mol. The standard InChI is InChI=1S/C62H99NO4/c1-4-5-6-7-8-9-10-11-12-17-20-23-26-29-41-50-61(64)63-59(54-65-51-56-43-34-30-35-44-56)62(67-53-58-47-38-32-39-48-58)60(66-52-57-45-36-31-37-46-57)49-40-28-25-22-19-16-14-13-15-18-21-24-27-33-42-55(2)3/h28,30-32,34-40,43-48,55,59-60,62H,4-27,29,33,41-42,49-54H2,1-3H3,(H,63,64)/b40-28+/t59-,60+,62-/m0/s1. The van der Waals surface area contributed by atoms with Crippen molar-refractivity contribution in [3.63, 3.8) is 0 Å². The zero-order valence-corrected chi connectivity index (χ0v) is 43.3. The highest BCUT2D eigenvalue weighted by atomic mass is 16.5. The number of benzene rings is 3. The third-order valence-corrected chi connectivity index (χ3v) is 13.3. The van der Waals surface area contributed by atoms with Crippen molar-refractivity contribution in [1.29, 1.82) is 0 Å². The van der Waals surface area contributed by atoms with Gasteiger partial charge in [0.2, 0.25) is 5.91 Å². The van der Waals surface area contributed by atoms with Crippen LogP contribution in [0.2, 0.25) is 0 Å². The van der Waals surface area contributed by atoms with Crippen molar-refractivity contribution in [3.05, 3.63) is 120 Å². The van der Waals surface area contributed by atoms with Crippen LogP contribution < -0.4 is 5.32 Å². The number of carbonyl (C=O) groups excluding carboxylic acids is 1. The smallest absolute Gasteiger partial charge is 0.220 e. The second-order valence-corrected chi connectivity index (χ2v) is 20.0. The minimum atomic E-state index is -0.436. The van der Waals surface area contributed by atoms with E-state index >= 15 is 0 Å². The Morgan fingerprint density at radius 3 is 1.39 bits per heavy atom. The Labute approximate surface area is 412 Å². The number of allylic oxidation sites excluding steroid dienone is 1. The highest BCUT2D eigenvalue weighted by Gasteiger charge is 2.32. The van der Waals surface area contributed by atoms with Gasteiger partial charge in [0.25, 0.3) is 0 Å². The molecule has 0 unspecified atom stereocenters. The fourth-order valence-electron chi connectivity index (χ4n) is 9.11. The van der Waals surface area contributed by atoms with Gasteiger partial charge in [0.15, 0.2) is 0 Å². The fraction of sp³-hybridized carbons (Fsp3) is 0.661. The lowest BCUT2D eigenvalue weighted by atomic mass is 10.0. The molecule has 3 rings (SSSR count). The maximum absolute atomic E-state index is 13.9. The van der Waals surface area contributed by atoms with E-state index in [1.807, 2.05) is 30.3 Å². The summed E-state index contributed by atoms with van der Waals surface area (Å²) >= 11 is 0. The van der Waals surface area contributed by atoms with Crippen LogP contribution in [0.4, 0.5) is 0 Å². The molecule has 1 N–H and O–H groups in total. The topological polar surface area (TPSA) is 56.8 Å². The van der Waals surface area contributed by atoms with Crippen molar-refractivity contribution in [2.45, 2.75) is 251 Å². The number of hydrogen-bond acceptors (Lipinski definition) is 4. The number of carbonyl (C=O) groups is 1. The summed E-state index contributed by atoms with van der Waals surface area (Å²) < 4.78 is 20.2. The monoisotopic (exact) mass is 922 g/mol. The van der Waals surface area contributed by atoms with Crippen molar-refractivity contribution in [1.82, 2.24) is 5.32 Å². The minimum absolute atomic E-state index is 0.0609. The lowest BCUT2D eigenvalue weighted by Gasteiger charge is -2.34. The van der Waals surface area contributed by atoms with Crippen LogP contribution in [-0.2, 0) is 38.8 Å². The van der Waals surface area contributed by atoms with E-state index in [0.717, 1.165) is 41.9 Å². The molecule has 0 aliphatic heterocycles. The summed E-state index contributed by atoms with van der Waals surface area (Å²) in [6.45, 7) is 8.63. The Hall–Kier alpha value is -3.25. The fourth-order valence-corrected chi connectivity index (χ4v) is 9.11. The zero-order chi connectivity index (χ0) is 47.5. The molecule has 0 aliphatic rings. The van der Waals surface area contributed by atoms with Crippen LogP contribution in [0, 0.1) is 5.92 Å². The van der Waals surface area contributed by atoms with E-state index in [9.17, 15) is 4.79 Å². The average molecular weight is 922 g/mol. The van der Waals surface area contributed by atoms with E-state index in [0.29, 0.717) is 39.3 Å². The van der Waals surface area contributed by atoms with Crippen LogP contribution in [0.25, 0.3) is 0 Å². The van der Waals surface area contributed by atoms with E-state index in [2.05, 4.69) is 98.9 Å². The van der Waals surface area contributed by atoms with Gasteiger partial charge < -0.3 is 19.5 Å². The van der Waals surface area contributed by atoms with E-state index in [1.165, 1.54) is 161 Å². The van der Waals surface area contributed by atoms with Gasteiger partial charge in [-0.25, -0.2) is 0 Å². The van der Waals surface area contributed by atoms with Crippen molar-refractivity contribution in [2.75, 3.05) is 6.61 Å². The van der Waals surface area contributed by atoms with E-state index in [1.54, 1.807) is 0 Å². The largest absolute Gasteiger partial charge is 0.375 e. The molecule has 3 aromatic rings. The van der Waals surface area contributed by atoms with Gasteiger partial charge in [-0.1, -0.05) is 284 Å². The molecule has 3 aromatic carbocycles. The highest BCUT2D eigenvalue weighted by molar-refractivity contribution is 5.76. The van der Waals surface area contributed by atoms with Crippen LogP contribution in [0.3, 0.4) is 0 Å². The molecule has 5 heteroatoms. The summed E-state index contributed by atoms with van der Waals surface area (Å²) in [6.07, 6.45) is 42.1. The first kappa shape index (κ1) is 58.1. The third-order valence-electron chi connectivity index (χ3n) is 13.3. The molecule has 67 heavy (non-hydrogen) atoms. The van der Waals surface area contributed by atoms with Crippen LogP contribution in [-0.4, -0.2) is 30.8 Å². The first-order valence-corrected chi connectivity index (χ1v) is 27.9. The molecule has 0 saturated carbocycles. The van der Waals surface area contributed by atoms with Gasteiger partial charge in [0.05, 0.1) is 38.6 Å². The number of nitrogens with one attached hydrogen (secondary N) is 1. The van der Waals surface area contributed by atoms with Gasteiger partial charge in [-0.3, -0.25) is 4.79 Å². The summed E-state index contributed by atoms with van der Waals surface area (Å²) in [4.78, 5) is 13.9. The molecule has 5 nitrogen and oxygen atoms in total. The number of ether oxygens (including phenoxy) is 3. The predicted molar refractivity (Wildman–Crippen MR) is 286 cm³/mol. The molecule has 0 fully saturated rings. The molecule has 0 saturated heterocycles. The summed E-state index contributed by atoms with van der Waals surface area (Å²) in [5.74, 6) is 0.904. The SMILES string of the molecule is CCCCCCCCCCCCCCCCCC(=O)N[C@@H](COCc1ccccc1)[C@H](OCc1ccccc1)[C@@H](C/C=C/CCCCCCCCCCCCCC(C)C)OCc1ccccc1. The van der Waals surface area contributed by atoms with Crippen molar-refractivity contribution >= 4 is 5.91 Å². The van der Waals surface area contributed by atoms with Crippen LogP contribution >= 0.6 is 0 Å². The number of hydrogen-bond donors (Lipinski definition) is 1. The van der Waals surface area contributed by atoms with Gasteiger partial charge in [-0.15, -0.1) is 0 Å². The Kier molecular flexibility index (Phi) is 36.1. The summed E-state index contributed by atoms with van der Waals surface area (Å²) in [6, 6.07) is 30.6. The molecular formula is C62H99NO4. The maximum atomic E-state index is 13.9. The highest BCUT2D eigenvalue weighted by Crippen LogP contribution is 2.21. The van der Waals surface area contributed by atoms with Crippen LogP contribution in [0.15, 0.2) is 103 Å². The van der Waals surface area contributed by atoms with Gasteiger partial charge in [-0.05, 0) is 48.3 Å². The number of amides is 1. The Morgan fingerprint density at radius 1 is 0.493 bits per heavy atom. The normalized spacial score (nSPS) is 13.1. The quantitative estimate of drug-likeness (QED) is 0.0453.